The maximum Gasteiger partial charge on any atom is 0.243 e. The molecule has 158 valence electrons. The van der Waals surface area contributed by atoms with Gasteiger partial charge in [0.25, 0.3) is 0 Å². The molecule has 0 radical (unpaired) electrons. The van der Waals surface area contributed by atoms with Gasteiger partial charge in [-0.2, -0.15) is 4.31 Å². The molecule has 0 unspecified atom stereocenters. The van der Waals surface area contributed by atoms with Crippen molar-refractivity contribution in [3.8, 4) is 0 Å². The molecule has 0 atom stereocenters. The minimum absolute atomic E-state index is 0.0322. The molecule has 2 aromatic rings. The fraction of sp³-hybridized carbons (Fsp3) is 0.524. The van der Waals surface area contributed by atoms with E-state index < -0.39 is 10.0 Å². The van der Waals surface area contributed by atoms with Gasteiger partial charge in [-0.3, -0.25) is 4.79 Å². The zero-order chi connectivity index (χ0) is 21.4. The smallest absolute Gasteiger partial charge is 0.243 e. The lowest BCUT2D eigenvalue weighted by molar-refractivity contribution is -0.131. The van der Waals surface area contributed by atoms with Crippen molar-refractivity contribution in [2.24, 2.45) is 0 Å². The predicted molar refractivity (Wildman–Crippen MR) is 110 cm³/mol. The number of aryl methyl sites for hydroxylation is 2. The quantitative estimate of drug-likeness (QED) is 0.761. The Labute approximate surface area is 172 Å². The summed E-state index contributed by atoms with van der Waals surface area (Å²) >= 11 is 0. The van der Waals surface area contributed by atoms with Crippen LogP contribution in [0.1, 0.15) is 43.4 Å². The first-order valence-electron chi connectivity index (χ1n) is 9.80. The fourth-order valence-corrected chi connectivity index (χ4v) is 4.89. The number of carbonyl (C=O) groups excluding carboxylic acids is 1. The monoisotopic (exact) mass is 419 g/mol. The van der Waals surface area contributed by atoms with Gasteiger partial charge in [-0.15, -0.1) is 0 Å². The Morgan fingerprint density at radius 2 is 1.66 bits per heavy atom. The molecule has 7 nitrogen and oxygen atoms in total. The average Bonchev–Trinajstić information content (AvgIpc) is 2.99. The topological polar surface area (TPSA) is 83.7 Å². The van der Waals surface area contributed by atoms with Gasteiger partial charge < -0.3 is 9.42 Å². The van der Waals surface area contributed by atoms with Crippen molar-refractivity contribution in [2.75, 3.05) is 26.2 Å². The summed E-state index contributed by atoms with van der Waals surface area (Å²) in [5, 5.41) is 3.88. The Kier molecular flexibility index (Phi) is 5.87. The molecule has 0 aliphatic carbocycles. The Balaban J connectivity index is 1.64. The Morgan fingerprint density at radius 3 is 2.14 bits per heavy atom. The van der Waals surface area contributed by atoms with E-state index in [-0.39, 0.29) is 30.8 Å². The molecule has 29 heavy (non-hydrogen) atoms. The second-order valence-electron chi connectivity index (χ2n) is 8.54. The van der Waals surface area contributed by atoms with Crippen LogP contribution in [0.25, 0.3) is 0 Å². The highest BCUT2D eigenvalue weighted by atomic mass is 32.2. The molecule has 2 heterocycles. The standard InChI is InChI=1S/C21H29N3O4S/c1-15-19(16(2)28-22-15)14-20(25)23-10-12-24(13-11-23)29(26,27)18-8-6-17(7-9-18)21(3,4)5/h6-9H,10-14H2,1-5H3. The van der Waals surface area contributed by atoms with E-state index in [0.717, 1.165) is 16.8 Å². The molecule has 1 aromatic carbocycles. The molecule has 1 aliphatic rings. The number of rotatable bonds is 4. The third kappa shape index (κ3) is 4.53. The van der Waals surface area contributed by atoms with Crippen LogP contribution in [-0.4, -0.2) is 54.9 Å². The Bertz CT molecular complexity index is 960. The van der Waals surface area contributed by atoms with Crippen molar-refractivity contribution < 1.29 is 17.7 Å². The summed E-state index contributed by atoms with van der Waals surface area (Å²) in [7, 11) is -3.57. The first-order valence-corrected chi connectivity index (χ1v) is 11.2. The van der Waals surface area contributed by atoms with E-state index in [1.807, 2.05) is 19.1 Å². The van der Waals surface area contributed by atoms with Crippen LogP contribution in [0.4, 0.5) is 0 Å². The summed E-state index contributed by atoms with van der Waals surface area (Å²) in [5.74, 6) is 0.613. The summed E-state index contributed by atoms with van der Waals surface area (Å²) in [6.45, 7) is 11.2. The van der Waals surface area contributed by atoms with E-state index in [1.165, 1.54) is 4.31 Å². The second-order valence-corrected chi connectivity index (χ2v) is 10.5. The van der Waals surface area contributed by atoms with E-state index in [2.05, 4.69) is 25.9 Å². The van der Waals surface area contributed by atoms with Gasteiger partial charge in [0.2, 0.25) is 15.9 Å². The summed E-state index contributed by atoms with van der Waals surface area (Å²) in [6.07, 6.45) is 0.224. The summed E-state index contributed by atoms with van der Waals surface area (Å²) in [6, 6.07) is 7.09. The lowest BCUT2D eigenvalue weighted by Crippen LogP contribution is -2.50. The van der Waals surface area contributed by atoms with Gasteiger partial charge in [0.1, 0.15) is 5.76 Å². The molecular formula is C21H29N3O4S. The van der Waals surface area contributed by atoms with Crippen LogP contribution in [-0.2, 0) is 26.7 Å². The molecule has 1 aliphatic heterocycles. The normalized spacial score (nSPS) is 16.2. The molecule has 1 fully saturated rings. The van der Waals surface area contributed by atoms with Gasteiger partial charge in [0, 0.05) is 31.7 Å². The molecule has 1 saturated heterocycles. The molecule has 1 aromatic heterocycles. The molecule has 8 heteroatoms. The number of hydrogen-bond donors (Lipinski definition) is 0. The number of nitrogens with zero attached hydrogens (tertiary/aromatic N) is 3. The molecule has 0 saturated carbocycles. The average molecular weight is 420 g/mol. The number of sulfonamides is 1. The van der Waals surface area contributed by atoms with Crippen molar-refractivity contribution >= 4 is 15.9 Å². The van der Waals surface area contributed by atoms with E-state index in [4.69, 9.17) is 4.52 Å². The van der Waals surface area contributed by atoms with Crippen molar-refractivity contribution in [1.82, 2.24) is 14.4 Å². The van der Waals surface area contributed by atoms with Gasteiger partial charge >= 0.3 is 0 Å². The Morgan fingerprint density at radius 1 is 1.07 bits per heavy atom. The van der Waals surface area contributed by atoms with E-state index in [1.54, 1.807) is 24.0 Å². The molecule has 1 amide bonds. The van der Waals surface area contributed by atoms with Crippen LogP contribution >= 0.6 is 0 Å². The third-order valence-corrected chi connectivity index (χ3v) is 7.37. The summed E-state index contributed by atoms with van der Waals surface area (Å²) in [4.78, 5) is 14.6. The minimum Gasteiger partial charge on any atom is -0.361 e. The number of aromatic nitrogens is 1. The highest BCUT2D eigenvalue weighted by Crippen LogP contribution is 2.25. The van der Waals surface area contributed by atoms with E-state index in [0.29, 0.717) is 23.7 Å². The summed E-state index contributed by atoms with van der Waals surface area (Å²) in [5.41, 5.74) is 2.58. The lowest BCUT2D eigenvalue weighted by atomic mass is 9.87. The van der Waals surface area contributed by atoms with Crippen LogP contribution in [0.5, 0.6) is 0 Å². The van der Waals surface area contributed by atoms with Crippen LogP contribution in [0, 0.1) is 13.8 Å². The maximum absolute atomic E-state index is 13.0. The van der Waals surface area contributed by atoms with Gasteiger partial charge in [0.15, 0.2) is 0 Å². The maximum atomic E-state index is 13.0. The molecule has 0 N–H and O–H groups in total. The molecule has 0 bridgehead atoms. The van der Waals surface area contributed by atoms with Crippen molar-refractivity contribution in [2.45, 2.75) is 51.3 Å². The molecular weight excluding hydrogens is 390 g/mol. The van der Waals surface area contributed by atoms with E-state index >= 15 is 0 Å². The largest absolute Gasteiger partial charge is 0.361 e. The van der Waals surface area contributed by atoms with E-state index in [9.17, 15) is 13.2 Å². The number of carbonyl (C=O) groups is 1. The van der Waals surface area contributed by atoms with Crippen LogP contribution < -0.4 is 0 Å². The first kappa shape index (κ1) is 21.5. The fourth-order valence-electron chi connectivity index (χ4n) is 3.47. The van der Waals surface area contributed by atoms with Gasteiger partial charge in [-0.25, -0.2) is 8.42 Å². The minimum atomic E-state index is -3.57. The van der Waals surface area contributed by atoms with Crippen molar-refractivity contribution in [3.05, 3.63) is 46.8 Å². The lowest BCUT2D eigenvalue weighted by Gasteiger charge is -2.34. The number of piperazine rings is 1. The Hall–Kier alpha value is -2.19. The van der Waals surface area contributed by atoms with Gasteiger partial charge in [-0.1, -0.05) is 38.1 Å². The highest BCUT2D eigenvalue weighted by Gasteiger charge is 2.31. The summed E-state index contributed by atoms with van der Waals surface area (Å²) < 4.78 is 32.5. The van der Waals surface area contributed by atoms with Crippen molar-refractivity contribution in [3.63, 3.8) is 0 Å². The number of benzene rings is 1. The first-order chi connectivity index (χ1) is 13.5. The van der Waals surface area contributed by atoms with Gasteiger partial charge in [0.05, 0.1) is 17.0 Å². The SMILES string of the molecule is Cc1noc(C)c1CC(=O)N1CCN(S(=O)(=O)c2ccc(C(C)(C)C)cc2)CC1. The zero-order valence-corrected chi connectivity index (χ0v) is 18.5. The van der Waals surface area contributed by atoms with Crippen LogP contribution in [0.3, 0.4) is 0 Å². The zero-order valence-electron chi connectivity index (χ0n) is 17.7. The predicted octanol–water partition coefficient (Wildman–Crippen LogP) is 2.66. The van der Waals surface area contributed by atoms with Crippen LogP contribution in [0.2, 0.25) is 0 Å². The molecule has 3 rings (SSSR count). The third-order valence-electron chi connectivity index (χ3n) is 5.46. The number of amides is 1. The van der Waals surface area contributed by atoms with Gasteiger partial charge in [-0.05, 0) is 37.0 Å². The van der Waals surface area contributed by atoms with Crippen LogP contribution in [0.15, 0.2) is 33.7 Å². The van der Waals surface area contributed by atoms with Crippen molar-refractivity contribution in [1.29, 1.82) is 0 Å². The highest BCUT2D eigenvalue weighted by molar-refractivity contribution is 7.89. The second kappa shape index (κ2) is 7.91. The number of hydrogen-bond acceptors (Lipinski definition) is 5. The molecule has 0 spiro atoms.